The van der Waals surface area contributed by atoms with Crippen LogP contribution in [-0.2, 0) is 19.7 Å². The van der Waals surface area contributed by atoms with Crippen LogP contribution in [0.15, 0.2) is 24.5 Å². The van der Waals surface area contributed by atoms with Gasteiger partial charge in [-0.25, -0.2) is 4.79 Å². The van der Waals surface area contributed by atoms with E-state index in [-0.39, 0.29) is 18.5 Å². The van der Waals surface area contributed by atoms with E-state index < -0.39 is 11.0 Å². The van der Waals surface area contributed by atoms with Crippen molar-refractivity contribution < 1.29 is 19.1 Å². The van der Waals surface area contributed by atoms with E-state index in [1.807, 2.05) is 32.9 Å². The van der Waals surface area contributed by atoms with Gasteiger partial charge < -0.3 is 14.4 Å². The fraction of sp³-hybridized carbons (Fsp3) is 0.588. The molecule has 0 aromatic carbocycles. The average molecular weight is 320 g/mol. The van der Waals surface area contributed by atoms with E-state index in [0.29, 0.717) is 19.7 Å². The molecular formula is C17H24N2O4. The van der Waals surface area contributed by atoms with Crippen molar-refractivity contribution in [2.45, 2.75) is 45.1 Å². The third-order valence-electron chi connectivity index (χ3n) is 3.72. The van der Waals surface area contributed by atoms with Crippen molar-refractivity contribution in [3.8, 4) is 0 Å². The Kier molecular flexibility index (Phi) is 4.92. The summed E-state index contributed by atoms with van der Waals surface area (Å²) in [5.74, 6) is -0.256. The molecule has 0 atom stereocenters. The third kappa shape index (κ3) is 4.21. The summed E-state index contributed by atoms with van der Waals surface area (Å²) in [5, 5.41) is 0. The predicted molar refractivity (Wildman–Crippen MR) is 85.0 cm³/mol. The molecule has 1 aliphatic heterocycles. The SMILES string of the molecule is CCOC(=O)CC1(c2ccncc2)CN(C(=O)OC(C)(C)C)C1. The molecule has 0 spiro atoms. The number of aromatic nitrogens is 1. The van der Waals surface area contributed by atoms with E-state index in [1.54, 1.807) is 24.2 Å². The summed E-state index contributed by atoms with van der Waals surface area (Å²) in [4.78, 5) is 29.7. The zero-order chi connectivity index (χ0) is 17.1. The fourth-order valence-corrected chi connectivity index (χ4v) is 2.73. The quantitative estimate of drug-likeness (QED) is 0.797. The summed E-state index contributed by atoms with van der Waals surface area (Å²) in [6, 6.07) is 3.76. The van der Waals surface area contributed by atoms with Crippen molar-refractivity contribution in [1.82, 2.24) is 9.88 Å². The first-order chi connectivity index (χ1) is 10.8. The van der Waals surface area contributed by atoms with Gasteiger partial charge in [-0.05, 0) is 45.4 Å². The Balaban J connectivity index is 2.10. The van der Waals surface area contributed by atoms with Crippen LogP contribution >= 0.6 is 0 Å². The van der Waals surface area contributed by atoms with Crippen molar-refractivity contribution in [3.63, 3.8) is 0 Å². The van der Waals surface area contributed by atoms with Gasteiger partial charge in [-0.2, -0.15) is 0 Å². The van der Waals surface area contributed by atoms with Crippen molar-refractivity contribution in [1.29, 1.82) is 0 Å². The van der Waals surface area contributed by atoms with E-state index in [9.17, 15) is 9.59 Å². The first kappa shape index (κ1) is 17.2. The lowest BCUT2D eigenvalue weighted by molar-refractivity contribution is -0.146. The smallest absolute Gasteiger partial charge is 0.410 e. The number of nitrogens with zero attached hydrogens (tertiary/aromatic N) is 2. The summed E-state index contributed by atoms with van der Waals surface area (Å²) in [6.07, 6.45) is 3.27. The Labute approximate surface area is 136 Å². The minimum atomic E-state index is -0.535. The van der Waals surface area contributed by atoms with Crippen LogP contribution in [0.2, 0.25) is 0 Å². The van der Waals surface area contributed by atoms with Crippen LogP contribution in [0.5, 0.6) is 0 Å². The zero-order valence-corrected chi connectivity index (χ0v) is 14.2. The molecule has 0 radical (unpaired) electrons. The minimum absolute atomic E-state index is 0.240. The summed E-state index contributed by atoms with van der Waals surface area (Å²) in [6.45, 7) is 8.50. The van der Waals surface area contributed by atoms with E-state index in [4.69, 9.17) is 9.47 Å². The van der Waals surface area contributed by atoms with Gasteiger partial charge in [0.25, 0.3) is 0 Å². The molecule has 0 unspecified atom stereocenters. The molecule has 1 aromatic heterocycles. The van der Waals surface area contributed by atoms with Gasteiger partial charge in [0.2, 0.25) is 0 Å². The Bertz CT molecular complexity index is 560. The molecular weight excluding hydrogens is 296 g/mol. The van der Waals surface area contributed by atoms with E-state index >= 15 is 0 Å². The Morgan fingerprint density at radius 2 is 1.87 bits per heavy atom. The second-order valence-corrected chi connectivity index (χ2v) is 6.83. The predicted octanol–water partition coefficient (Wildman–Crippen LogP) is 2.52. The highest BCUT2D eigenvalue weighted by molar-refractivity contribution is 5.75. The van der Waals surface area contributed by atoms with Crippen LogP contribution in [0.1, 0.15) is 39.7 Å². The van der Waals surface area contributed by atoms with E-state index in [2.05, 4.69) is 4.98 Å². The van der Waals surface area contributed by atoms with Crippen molar-refractivity contribution in [2.24, 2.45) is 0 Å². The lowest BCUT2D eigenvalue weighted by Crippen LogP contribution is -2.62. The van der Waals surface area contributed by atoms with Gasteiger partial charge >= 0.3 is 12.1 Å². The number of amides is 1. The third-order valence-corrected chi connectivity index (χ3v) is 3.72. The molecule has 0 aliphatic carbocycles. The van der Waals surface area contributed by atoms with Crippen LogP contribution < -0.4 is 0 Å². The molecule has 1 aliphatic rings. The fourth-order valence-electron chi connectivity index (χ4n) is 2.73. The van der Waals surface area contributed by atoms with Gasteiger partial charge in [0.1, 0.15) is 5.60 Å². The van der Waals surface area contributed by atoms with Gasteiger partial charge in [-0.15, -0.1) is 0 Å². The maximum atomic E-state index is 12.1. The first-order valence-electron chi connectivity index (χ1n) is 7.80. The van der Waals surface area contributed by atoms with Crippen molar-refractivity contribution >= 4 is 12.1 Å². The molecule has 6 heteroatoms. The largest absolute Gasteiger partial charge is 0.466 e. The van der Waals surface area contributed by atoms with Crippen LogP contribution in [0.3, 0.4) is 0 Å². The number of esters is 1. The van der Waals surface area contributed by atoms with Crippen LogP contribution in [-0.4, -0.2) is 47.2 Å². The van der Waals surface area contributed by atoms with E-state index in [1.165, 1.54) is 0 Å². The number of carbonyl (C=O) groups excluding carboxylic acids is 2. The van der Waals surface area contributed by atoms with Crippen LogP contribution in [0.25, 0.3) is 0 Å². The zero-order valence-electron chi connectivity index (χ0n) is 14.2. The molecule has 0 bridgehead atoms. The molecule has 6 nitrogen and oxygen atoms in total. The molecule has 126 valence electrons. The summed E-state index contributed by atoms with van der Waals surface area (Å²) >= 11 is 0. The number of pyridine rings is 1. The van der Waals surface area contributed by atoms with Crippen molar-refractivity contribution in [2.75, 3.05) is 19.7 Å². The molecule has 1 amide bonds. The highest BCUT2D eigenvalue weighted by atomic mass is 16.6. The molecule has 1 saturated heterocycles. The lowest BCUT2D eigenvalue weighted by atomic mass is 9.71. The molecule has 23 heavy (non-hydrogen) atoms. The molecule has 2 rings (SSSR count). The molecule has 0 saturated carbocycles. The first-order valence-corrected chi connectivity index (χ1v) is 7.80. The second-order valence-electron chi connectivity index (χ2n) is 6.83. The summed E-state index contributed by atoms with van der Waals surface area (Å²) in [7, 11) is 0. The number of likely N-dealkylation sites (tertiary alicyclic amines) is 1. The molecule has 0 N–H and O–H groups in total. The number of hydrogen-bond acceptors (Lipinski definition) is 5. The maximum Gasteiger partial charge on any atom is 0.410 e. The minimum Gasteiger partial charge on any atom is -0.466 e. The number of rotatable bonds is 4. The lowest BCUT2D eigenvalue weighted by Gasteiger charge is -2.49. The number of carbonyl (C=O) groups is 2. The van der Waals surface area contributed by atoms with Crippen LogP contribution in [0.4, 0.5) is 4.79 Å². The maximum absolute atomic E-state index is 12.1. The molecule has 2 heterocycles. The van der Waals surface area contributed by atoms with Gasteiger partial charge in [0.05, 0.1) is 13.0 Å². The number of hydrogen-bond donors (Lipinski definition) is 0. The normalized spacial score (nSPS) is 16.4. The second kappa shape index (κ2) is 6.56. The van der Waals surface area contributed by atoms with Crippen molar-refractivity contribution in [3.05, 3.63) is 30.1 Å². The highest BCUT2D eigenvalue weighted by Gasteiger charge is 2.49. The van der Waals surface area contributed by atoms with Gasteiger partial charge in [0, 0.05) is 30.9 Å². The standard InChI is InChI=1S/C17H24N2O4/c1-5-22-14(20)10-17(13-6-8-18-9-7-13)11-19(12-17)15(21)23-16(2,3)4/h6-9H,5,10-12H2,1-4H3. The average Bonchev–Trinajstić information content (AvgIpc) is 2.41. The van der Waals surface area contributed by atoms with Gasteiger partial charge in [0.15, 0.2) is 0 Å². The summed E-state index contributed by atoms with van der Waals surface area (Å²) in [5.41, 5.74) is 0.0274. The topological polar surface area (TPSA) is 68.7 Å². The summed E-state index contributed by atoms with van der Waals surface area (Å²) < 4.78 is 10.5. The Hall–Kier alpha value is -2.11. The monoisotopic (exact) mass is 320 g/mol. The van der Waals surface area contributed by atoms with Gasteiger partial charge in [-0.1, -0.05) is 0 Å². The van der Waals surface area contributed by atoms with Gasteiger partial charge in [-0.3, -0.25) is 9.78 Å². The highest BCUT2D eigenvalue weighted by Crippen LogP contribution is 2.38. The van der Waals surface area contributed by atoms with Crippen LogP contribution in [0, 0.1) is 0 Å². The molecule has 1 fully saturated rings. The Morgan fingerprint density at radius 3 is 2.39 bits per heavy atom. The Morgan fingerprint density at radius 1 is 1.26 bits per heavy atom. The van der Waals surface area contributed by atoms with E-state index in [0.717, 1.165) is 5.56 Å². The number of ether oxygens (including phenoxy) is 2. The molecule has 1 aromatic rings.